The Bertz CT molecular complexity index is 872. The highest BCUT2D eigenvalue weighted by Gasteiger charge is 2.16. The van der Waals surface area contributed by atoms with Crippen LogP contribution in [0.25, 0.3) is 10.9 Å². The molecule has 0 atom stereocenters. The van der Waals surface area contributed by atoms with E-state index in [0.29, 0.717) is 27.3 Å². The second kappa shape index (κ2) is 6.39. The standard InChI is InChI=1S/C19H16ClNO2/c1-3-12-4-6-13(7-5-12)19(22)16-11-21-17-9-8-14(23-2)10-15(17)18(16)20/h4-11H,3H2,1-2H3. The summed E-state index contributed by atoms with van der Waals surface area (Å²) < 4.78 is 5.22. The number of pyridine rings is 1. The van der Waals surface area contributed by atoms with Crippen LogP contribution in [0.1, 0.15) is 28.4 Å². The van der Waals surface area contributed by atoms with Gasteiger partial charge in [0.25, 0.3) is 0 Å². The van der Waals surface area contributed by atoms with Crippen LogP contribution in [0.15, 0.2) is 48.7 Å². The molecule has 0 amide bonds. The molecule has 3 aromatic rings. The zero-order chi connectivity index (χ0) is 16.4. The number of aromatic nitrogens is 1. The first-order valence-electron chi connectivity index (χ1n) is 7.40. The number of ether oxygens (including phenoxy) is 1. The van der Waals surface area contributed by atoms with Crippen molar-refractivity contribution in [3.05, 3.63) is 70.4 Å². The van der Waals surface area contributed by atoms with E-state index in [0.717, 1.165) is 11.9 Å². The normalized spacial score (nSPS) is 10.7. The molecule has 0 unspecified atom stereocenters. The van der Waals surface area contributed by atoms with Crippen molar-refractivity contribution < 1.29 is 9.53 Å². The van der Waals surface area contributed by atoms with Crippen molar-refractivity contribution >= 4 is 28.3 Å². The summed E-state index contributed by atoms with van der Waals surface area (Å²) in [5.41, 5.74) is 2.92. The van der Waals surface area contributed by atoms with Crippen molar-refractivity contribution in [2.45, 2.75) is 13.3 Å². The van der Waals surface area contributed by atoms with Gasteiger partial charge in [-0.3, -0.25) is 9.78 Å². The van der Waals surface area contributed by atoms with Crippen LogP contribution in [-0.4, -0.2) is 17.9 Å². The summed E-state index contributed by atoms with van der Waals surface area (Å²) in [5, 5.41) is 1.11. The van der Waals surface area contributed by atoms with Crippen LogP contribution in [-0.2, 0) is 6.42 Å². The van der Waals surface area contributed by atoms with Crippen molar-refractivity contribution in [1.82, 2.24) is 4.98 Å². The predicted octanol–water partition coefficient (Wildman–Crippen LogP) is 4.69. The van der Waals surface area contributed by atoms with Gasteiger partial charge in [-0.15, -0.1) is 0 Å². The van der Waals surface area contributed by atoms with E-state index in [2.05, 4.69) is 11.9 Å². The number of rotatable bonds is 4. The lowest BCUT2D eigenvalue weighted by atomic mass is 10.0. The number of ketones is 1. The zero-order valence-electron chi connectivity index (χ0n) is 13.0. The average molecular weight is 326 g/mol. The topological polar surface area (TPSA) is 39.2 Å². The Balaban J connectivity index is 2.07. The van der Waals surface area contributed by atoms with E-state index < -0.39 is 0 Å². The number of halogens is 1. The molecule has 1 heterocycles. The molecule has 0 saturated carbocycles. The van der Waals surface area contributed by atoms with Crippen molar-refractivity contribution in [2.75, 3.05) is 7.11 Å². The summed E-state index contributed by atoms with van der Waals surface area (Å²) in [4.78, 5) is 17.0. The lowest BCUT2D eigenvalue weighted by Crippen LogP contribution is -2.03. The highest BCUT2D eigenvalue weighted by Crippen LogP contribution is 2.30. The maximum atomic E-state index is 12.7. The third kappa shape index (κ3) is 2.92. The largest absolute Gasteiger partial charge is 0.497 e. The number of hydrogen-bond acceptors (Lipinski definition) is 3. The lowest BCUT2D eigenvalue weighted by Gasteiger charge is -2.08. The van der Waals surface area contributed by atoms with E-state index in [4.69, 9.17) is 16.3 Å². The molecule has 0 aliphatic rings. The fourth-order valence-corrected chi connectivity index (χ4v) is 2.76. The molecule has 0 saturated heterocycles. The minimum Gasteiger partial charge on any atom is -0.497 e. The summed E-state index contributed by atoms with van der Waals surface area (Å²) in [6.45, 7) is 2.08. The molecule has 3 nitrogen and oxygen atoms in total. The Kier molecular flexibility index (Phi) is 4.30. The maximum absolute atomic E-state index is 12.7. The molecule has 3 rings (SSSR count). The number of nitrogens with zero attached hydrogens (tertiary/aromatic N) is 1. The van der Waals surface area contributed by atoms with Crippen molar-refractivity contribution in [2.24, 2.45) is 0 Å². The highest BCUT2D eigenvalue weighted by atomic mass is 35.5. The number of hydrogen-bond donors (Lipinski definition) is 0. The molecule has 116 valence electrons. The molecule has 4 heteroatoms. The first-order valence-corrected chi connectivity index (χ1v) is 7.77. The molecule has 1 aromatic heterocycles. The molecule has 0 bridgehead atoms. The minimum atomic E-state index is -0.130. The number of benzene rings is 2. The van der Waals surface area contributed by atoms with E-state index in [-0.39, 0.29) is 5.78 Å². The van der Waals surface area contributed by atoms with Gasteiger partial charge >= 0.3 is 0 Å². The molecular formula is C19H16ClNO2. The maximum Gasteiger partial charge on any atom is 0.196 e. The van der Waals surface area contributed by atoms with Crippen molar-refractivity contribution in [1.29, 1.82) is 0 Å². The van der Waals surface area contributed by atoms with Gasteiger partial charge in [0.15, 0.2) is 5.78 Å². The Hall–Kier alpha value is -2.39. The van der Waals surface area contributed by atoms with Crippen molar-refractivity contribution in [3.8, 4) is 5.75 Å². The first kappa shape index (κ1) is 15.5. The van der Waals surface area contributed by atoms with Gasteiger partial charge in [-0.1, -0.05) is 42.8 Å². The quantitative estimate of drug-likeness (QED) is 0.653. The monoisotopic (exact) mass is 325 g/mol. The fourth-order valence-electron chi connectivity index (χ4n) is 2.47. The number of carbonyl (C=O) groups is 1. The summed E-state index contributed by atoms with van der Waals surface area (Å²) in [5.74, 6) is 0.549. The van der Waals surface area contributed by atoms with Gasteiger partial charge in [-0.05, 0) is 30.2 Å². The summed E-state index contributed by atoms with van der Waals surface area (Å²) in [6.07, 6.45) is 2.47. The van der Waals surface area contributed by atoms with Crippen LogP contribution in [0.4, 0.5) is 0 Å². The third-order valence-electron chi connectivity index (χ3n) is 3.88. The number of carbonyl (C=O) groups excluding carboxylic acids is 1. The van der Waals surface area contributed by atoms with E-state index in [9.17, 15) is 4.79 Å². The number of aryl methyl sites for hydroxylation is 1. The summed E-state index contributed by atoms with van der Waals surface area (Å²) in [7, 11) is 1.59. The van der Waals surface area contributed by atoms with Crippen LogP contribution in [0.5, 0.6) is 5.75 Å². The average Bonchev–Trinajstić information content (AvgIpc) is 2.61. The molecule has 0 N–H and O–H groups in total. The number of fused-ring (bicyclic) bond motifs is 1. The first-order chi connectivity index (χ1) is 11.1. The molecule has 0 fully saturated rings. The Morgan fingerprint density at radius 2 is 1.91 bits per heavy atom. The van der Waals surface area contributed by atoms with E-state index in [1.165, 1.54) is 11.8 Å². The van der Waals surface area contributed by atoms with E-state index >= 15 is 0 Å². The van der Waals surface area contributed by atoms with Crippen LogP contribution >= 0.6 is 11.6 Å². The zero-order valence-corrected chi connectivity index (χ0v) is 13.7. The predicted molar refractivity (Wildman–Crippen MR) is 92.6 cm³/mol. The molecule has 2 aromatic carbocycles. The molecule has 23 heavy (non-hydrogen) atoms. The van der Waals surface area contributed by atoms with Gasteiger partial charge in [0, 0.05) is 17.1 Å². The Morgan fingerprint density at radius 3 is 2.57 bits per heavy atom. The number of methoxy groups -OCH3 is 1. The molecular weight excluding hydrogens is 310 g/mol. The lowest BCUT2D eigenvalue weighted by molar-refractivity contribution is 0.103. The van der Waals surface area contributed by atoms with Crippen LogP contribution in [0, 0.1) is 0 Å². The Labute approximate surface area is 139 Å². The molecule has 0 radical (unpaired) electrons. The van der Waals surface area contributed by atoms with Gasteiger partial charge in [-0.2, -0.15) is 0 Å². The second-order valence-corrected chi connectivity index (χ2v) is 5.63. The molecule has 0 aliphatic heterocycles. The van der Waals surface area contributed by atoms with E-state index in [1.54, 1.807) is 13.2 Å². The van der Waals surface area contributed by atoms with Gasteiger partial charge in [0.1, 0.15) is 5.75 Å². The highest BCUT2D eigenvalue weighted by molar-refractivity contribution is 6.39. The smallest absolute Gasteiger partial charge is 0.196 e. The summed E-state index contributed by atoms with van der Waals surface area (Å²) >= 11 is 6.46. The van der Waals surface area contributed by atoms with Crippen LogP contribution in [0.3, 0.4) is 0 Å². The Morgan fingerprint density at radius 1 is 1.17 bits per heavy atom. The third-order valence-corrected chi connectivity index (χ3v) is 4.29. The van der Waals surface area contributed by atoms with Crippen molar-refractivity contribution in [3.63, 3.8) is 0 Å². The minimum absolute atomic E-state index is 0.130. The second-order valence-electron chi connectivity index (χ2n) is 5.25. The molecule has 0 aliphatic carbocycles. The van der Waals surface area contributed by atoms with Gasteiger partial charge in [0.2, 0.25) is 0 Å². The van der Waals surface area contributed by atoms with Crippen LogP contribution < -0.4 is 4.74 Å². The SMILES string of the molecule is CCc1ccc(C(=O)c2cnc3ccc(OC)cc3c2Cl)cc1. The fraction of sp³-hybridized carbons (Fsp3) is 0.158. The van der Waals surface area contributed by atoms with Gasteiger partial charge < -0.3 is 4.74 Å². The van der Waals surface area contributed by atoms with Gasteiger partial charge in [0.05, 0.1) is 23.2 Å². The van der Waals surface area contributed by atoms with Crippen LogP contribution in [0.2, 0.25) is 5.02 Å². The van der Waals surface area contributed by atoms with Gasteiger partial charge in [-0.25, -0.2) is 0 Å². The molecule has 0 spiro atoms. The summed E-state index contributed by atoms with van der Waals surface area (Å²) in [6, 6.07) is 13.0. The van der Waals surface area contributed by atoms with E-state index in [1.807, 2.05) is 36.4 Å².